The first-order chi connectivity index (χ1) is 8.54. The maximum Gasteiger partial charge on any atom is 0.340 e. The fraction of sp³-hybridized carbons (Fsp3) is 0.333. The van der Waals surface area contributed by atoms with E-state index in [1.807, 2.05) is 0 Å². The average Bonchev–Trinajstić information content (AvgIpc) is 2.31. The monoisotopic (exact) mass is 312 g/mol. The van der Waals surface area contributed by atoms with Crippen LogP contribution in [0.1, 0.15) is 13.8 Å². The second-order valence-electron chi connectivity index (χ2n) is 3.46. The number of halogens is 1. The predicted molar refractivity (Wildman–Crippen MR) is 69.8 cm³/mol. The van der Waals surface area contributed by atoms with Gasteiger partial charge in [0.25, 0.3) is 0 Å². The van der Waals surface area contributed by atoms with Crippen LogP contribution < -0.4 is 0 Å². The van der Waals surface area contributed by atoms with Gasteiger partial charge in [0.15, 0.2) is 5.78 Å². The van der Waals surface area contributed by atoms with Crippen LogP contribution in [0.15, 0.2) is 39.0 Å². The van der Waals surface area contributed by atoms with Crippen molar-refractivity contribution < 1.29 is 14.3 Å². The van der Waals surface area contributed by atoms with E-state index in [0.29, 0.717) is 5.69 Å². The van der Waals surface area contributed by atoms with Crippen molar-refractivity contribution in [2.24, 2.45) is 10.2 Å². The van der Waals surface area contributed by atoms with Crippen molar-refractivity contribution >= 4 is 33.4 Å². The summed E-state index contributed by atoms with van der Waals surface area (Å²) >= 11 is 3.29. The normalized spacial score (nSPS) is 12.4. The molecule has 1 aromatic carbocycles. The highest BCUT2D eigenvalue weighted by Crippen LogP contribution is 2.17. The average molecular weight is 313 g/mol. The van der Waals surface area contributed by atoms with Gasteiger partial charge in [0.1, 0.15) is 0 Å². The predicted octanol–water partition coefficient (Wildman–Crippen LogP) is 3.05. The Labute approximate surface area is 113 Å². The SMILES string of the molecule is CCOC(=O)C(N=Nc1ccc(Br)cc1)C(C)=O. The zero-order valence-corrected chi connectivity index (χ0v) is 11.7. The Hall–Kier alpha value is -1.56. The van der Waals surface area contributed by atoms with Crippen LogP contribution in [0, 0.1) is 0 Å². The summed E-state index contributed by atoms with van der Waals surface area (Å²) in [7, 11) is 0. The second-order valence-corrected chi connectivity index (χ2v) is 4.37. The number of benzene rings is 1. The third-order valence-corrected chi connectivity index (χ3v) is 2.54. The number of esters is 1. The molecule has 0 aliphatic carbocycles. The fourth-order valence-corrected chi connectivity index (χ4v) is 1.41. The van der Waals surface area contributed by atoms with E-state index in [-0.39, 0.29) is 6.61 Å². The molecule has 0 heterocycles. The number of carbonyl (C=O) groups excluding carboxylic acids is 2. The van der Waals surface area contributed by atoms with E-state index < -0.39 is 17.8 Å². The van der Waals surface area contributed by atoms with Gasteiger partial charge in [-0.25, -0.2) is 4.79 Å². The maximum atomic E-state index is 11.5. The van der Waals surface area contributed by atoms with E-state index in [2.05, 4.69) is 26.2 Å². The molecule has 0 fully saturated rings. The molecular weight excluding hydrogens is 300 g/mol. The smallest absolute Gasteiger partial charge is 0.340 e. The lowest BCUT2D eigenvalue weighted by Crippen LogP contribution is -2.28. The molecule has 0 amide bonds. The lowest BCUT2D eigenvalue weighted by molar-refractivity contribution is -0.147. The first-order valence-corrected chi connectivity index (χ1v) is 6.17. The third-order valence-electron chi connectivity index (χ3n) is 2.01. The highest BCUT2D eigenvalue weighted by molar-refractivity contribution is 9.10. The molecule has 0 bridgehead atoms. The molecule has 0 spiro atoms. The molecule has 0 N–H and O–H groups in total. The number of rotatable bonds is 5. The van der Waals surface area contributed by atoms with Crippen LogP contribution in [-0.2, 0) is 14.3 Å². The number of ether oxygens (including phenoxy) is 1. The van der Waals surface area contributed by atoms with Crippen LogP contribution >= 0.6 is 15.9 Å². The zero-order chi connectivity index (χ0) is 13.5. The summed E-state index contributed by atoms with van der Waals surface area (Å²) in [6, 6.07) is 5.84. The minimum Gasteiger partial charge on any atom is -0.464 e. The van der Waals surface area contributed by atoms with Crippen molar-refractivity contribution in [1.29, 1.82) is 0 Å². The molecular formula is C12H13BrN2O3. The van der Waals surface area contributed by atoms with Crippen molar-refractivity contribution in [3.63, 3.8) is 0 Å². The molecule has 1 rings (SSSR count). The number of hydrogen-bond donors (Lipinski definition) is 0. The molecule has 0 radical (unpaired) electrons. The quantitative estimate of drug-likeness (QED) is 0.476. The number of ketones is 1. The van der Waals surface area contributed by atoms with E-state index >= 15 is 0 Å². The van der Waals surface area contributed by atoms with Crippen LogP contribution in [-0.4, -0.2) is 24.4 Å². The minimum atomic E-state index is -1.19. The molecule has 0 saturated heterocycles. The molecule has 96 valence electrons. The van der Waals surface area contributed by atoms with Gasteiger partial charge in [-0.15, -0.1) is 0 Å². The van der Waals surface area contributed by atoms with Crippen LogP contribution in [0.3, 0.4) is 0 Å². The molecule has 1 atom stereocenters. The molecule has 5 nitrogen and oxygen atoms in total. The number of azo groups is 1. The Balaban J connectivity index is 2.80. The number of Topliss-reactive ketones (excluding diaryl/α,β-unsaturated/α-hetero) is 1. The Kier molecular flexibility index (Phi) is 5.64. The summed E-state index contributed by atoms with van der Waals surface area (Å²) in [4.78, 5) is 22.7. The van der Waals surface area contributed by atoms with Crippen molar-refractivity contribution in [3.8, 4) is 0 Å². The van der Waals surface area contributed by atoms with Gasteiger partial charge >= 0.3 is 5.97 Å². The van der Waals surface area contributed by atoms with Gasteiger partial charge in [-0.05, 0) is 38.1 Å². The summed E-state index contributed by atoms with van der Waals surface area (Å²) in [6.45, 7) is 3.15. The van der Waals surface area contributed by atoms with Crippen LogP contribution in [0.4, 0.5) is 5.69 Å². The lowest BCUT2D eigenvalue weighted by atomic mass is 10.2. The van der Waals surface area contributed by atoms with Gasteiger partial charge in [-0.2, -0.15) is 10.2 Å². The van der Waals surface area contributed by atoms with Crippen LogP contribution in [0.5, 0.6) is 0 Å². The van der Waals surface area contributed by atoms with Gasteiger partial charge in [-0.3, -0.25) is 4.79 Å². The Morgan fingerprint density at radius 1 is 1.33 bits per heavy atom. The Morgan fingerprint density at radius 2 is 1.94 bits per heavy atom. The molecule has 0 aromatic heterocycles. The summed E-state index contributed by atoms with van der Waals surface area (Å²) in [6.07, 6.45) is 0. The van der Waals surface area contributed by atoms with E-state index in [4.69, 9.17) is 4.74 Å². The lowest BCUT2D eigenvalue weighted by Gasteiger charge is -2.06. The Morgan fingerprint density at radius 3 is 2.44 bits per heavy atom. The largest absolute Gasteiger partial charge is 0.464 e. The zero-order valence-electron chi connectivity index (χ0n) is 10.1. The highest BCUT2D eigenvalue weighted by Gasteiger charge is 2.24. The number of hydrogen-bond acceptors (Lipinski definition) is 5. The second kappa shape index (κ2) is 7.00. The first-order valence-electron chi connectivity index (χ1n) is 5.38. The van der Waals surface area contributed by atoms with Crippen LogP contribution in [0.25, 0.3) is 0 Å². The maximum absolute atomic E-state index is 11.5. The molecule has 18 heavy (non-hydrogen) atoms. The van der Waals surface area contributed by atoms with E-state index in [0.717, 1.165) is 4.47 Å². The first kappa shape index (κ1) is 14.5. The van der Waals surface area contributed by atoms with Crippen LogP contribution in [0.2, 0.25) is 0 Å². The minimum absolute atomic E-state index is 0.205. The van der Waals surface area contributed by atoms with Crippen molar-refractivity contribution in [1.82, 2.24) is 0 Å². The van der Waals surface area contributed by atoms with Gasteiger partial charge in [-0.1, -0.05) is 15.9 Å². The molecule has 1 unspecified atom stereocenters. The molecule has 0 aliphatic rings. The van der Waals surface area contributed by atoms with Crippen molar-refractivity contribution in [2.45, 2.75) is 19.9 Å². The number of nitrogens with zero attached hydrogens (tertiary/aromatic N) is 2. The summed E-state index contributed by atoms with van der Waals surface area (Å²) < 4.78 is 5.66. The molecule has 1 aromatic rings. The van der Waals surface area contributed by atoms with E-state index in [1.165, 1.54) is 6.92 Å². The van der Waals surface area contributed by atoms with Gasteiger partial charge in [0.05, 0.1) is 12.3 Å². The molecule has 0 aliphatic heterocycles. The number of carbonyl (C=O) groups is 2. The van der Waals surface area contributed by atoms with Crippen molar-refractivity contribution in [2.75, 3.05) is 6.61 Å². The van der Waals surface area contributed by atoms with Gasteiger partial charge < -0.3 is 4.74 Å². The molecule has 6 heteroatoms. The van der Waals surface area contributed by atoms with Gasteiger partial charge in [0.2, 0.25) is 6.04 Å². The fourth-order valence-electron chi connectivity index (χ4n) is 1.15. The van der Waals surface area contributed by atoms with E-state index in [1.54, 1.807) is 31.2 Å². The van der Waals surface area contributed by atoms with Gasteiger partial charge in [0, 0.05) is 4.47 Å². The summed E-state index contributed by atoms with van der Waals surface area (Å²) in [5.41, 5.74) is 0.564. The van der Waals surface area contributed by atoms with Crippen molar-refractivity contribution in [3.05, 3.63) is 28.7 Å². The third kappa shape index (κ3) is 4.37. The summed E-state index contributed by atoms with van der Waals surface area (Å²) in [5, 5.41) is 7.58. The standard InChI is InChI=1S/C12H13BrN2O3/c1-3-18-12(17)11(8(2)16)15-14-10-6-4-9(13)5-7-10/h4-7,11H,3H2,1-2H3. The molecule has 0 saturated carbocycles. The van der Waals surface area contributed by atoms with E-state index in [9.17, 15) is 9.59 Å². The highest BCUT2D eigenvalue weighted by atomic mass is 79.9. The summed E-state index contributed by atoms with van der Waals surface area (Å²) in [5.74, 6) is -1.07. The Bertz CT molecular complexity index is 457. The topological polar surface area (TPSA) is 68.1 Å².